The van der Waals surface area contributed by atoms with Gasteiger partial charge in [-0.2, -0.15) is 0 Å². The van der Waals surface area contributed by atoms with Crippen molar-refractivity contribution >= 4 is 35.1 Å². The molecule has 2 heterocycles. The van der Waals surface area contributed by atoms with Crippen molar-refractivity contribution in [1.29, 1.82) is 0 Å². The highest BCUT2D eigenvalue weighted by atomic mass is 32.2. The van der Waals surface area contributed by atoms with Gasteiger partial charge in [-0.05, 0) is 68.3 Å². The van der Waals surface area contributed by atoms with Gasteiger partial charge in [0.1, 0.15) is 5.75 Å². The Morgan fingerprint density at radius 3 is 2.58 bits per heavy atom. The minimum Gasteiger partial charge on any atom is -0.494 e. The number of nitrogens with one attached hydrogen (secondary N) is 1. The molecule has 1 aliphatic heterocycles. The van der Waals surface area contributed by atoms with Crippen LogP contribution in [0.2, 0.25) is 0 Å². The van der Waals surface area contributed by atoms with E-state index in [-0.39, 0.29) is 17.2 Å². The Bertz CT molecular complexity index is 1220. The van der Waals surface area contributed by atoms with Crippen LogP contribution in [0.1, 0.15) is 30.7 Å². The third kappa shape index (κ3) is 5.45. The number of ether oxygens (including phenoxy) is 1. The van der Waals surface area contributed by atoms with E-state index in [9.17, 15) is 9.59 Å². The van der Waals surface area contributed by atoms with Crippen molar-refractivity contribution in [3.8, 4) is 11.4 Å². The molecule has 1 atom stereocenters. The summed E-state index contributed by atoms with van der Waals surface area (Å²) in [7, 11) is 0. The van der Waals surface area contributed by atoms with E-state index >= 15 is 0 Å². The van der Waals surface area contributed by atoms with Crippen molar-refractivity contribution in [3.05, 3.63) is 69.6 Å². The van der Waals surface area contributed by atoms with Crippen LogP contribution in [0, 0.1) is 13.8 Å². The fraction of sp³-hybridized carbons (Fsp3) is 0.320. The molecule has 4 rings (SSSR count). The molecule has 1 amide bonds. The topological polar surface area (TPSA) is 73.2 Å². The Labute approximate surface area is 202 Å². The second-order valence-corrected chi connectivity index (χ2v) is 10.5. The first kappa shape index (κ1) is 23.4. The summed E-state index contributed by atoms with van der Waals surface area (Å²) in [6.45, 7) is 8.64. The summed E-state index contributed by atoms with van der Waals surface area (Å²) in [5.74, 6) is 0.747. The number of aryl methyl sites for hydroxylation is 2. The zero-order valence-electron chi connectivity index (χ0n) is 19.2. The molecule has 0 saturated heterocycles. The molecule has 172 valence electrons. The predicted molar refractivity (Wildman–Crippen MR) is 135 cm³/mol. The second-order valence-electron chi connectivity index (χ2n) is 8.08. The van der Waals surface area contributed by atoms with Crippen molar-refractivity contribution in [2.45, 2.75) is 49.4 Å². The van der Waals surface area contributed by atoms with Crippen LogP contribution in [0.15, 0.2) is 57.3 Å². The Morgan fingerprint density at radius 2 is 1.91 bits per heavy atom. The normalized spacial score (nSPS) is 14.7. The molecule has 3 aromatic rings. The lowest BCUT2D eigenvalue weighted by atomic mass is 10.1. The summed E-state index contributed by atoms with van der Waals surface area (Å²) in [6.07, 6.45) is 0.759. The smallest absolute Gasteiger partial charge is 0.272 e. The largest absolute Gasteiger partial charge is 0.494 e. The third-order valence-electron chi connectivity index (χ3n) is 5.13. The van der Waals surface area contributed by atoms with E-state index in [1.807, 2.05) is 57.2 Å². The van der Waals surface area contributed by atoms with Crippen molar-refractivity contribution in [1.82, 2.24) is 9.55 Å². The Kier molecular flexibility index (Phi) is 7.14. The molecule has 1 aliphatic rings. The predicted octanol–water partition coefficient (Wildman–Crippen LogP) is 5.02. The summed E-state index contributed by atoms with van der Waals surface area (Å²) in [4.78, 5) is 31.6. The molecule has 0 fully saturated rings. The molecular formula is C25H27N3O3S2. The van der Waals surface area contributed by atoms with Gasteiger partial charge in [0.15, 0.2) is 5.16 Å². The maximum atomic E-state index is 13.4. The molecule has 1 aromatic heterocycles. The van der Waals surface area contributed by atoms with Crippen molar-refractivity contribution in [2.75, 3.05) is 17.7 Å². The third-order valence-corrected chi connectivity index (χ3v) is 7.28. The van der Waals surface area contributed by atoms with Crippen LogP contribution >= 0.6 is 23.5 Å². The van der Waals surface area contributed by atoms with E-state index in [4.69, 9.17) is 9.72 Å². The number of anilines is 1. The summed E-state index contributed by atoms with van der Waals surface area (Å²) >= 11 is 2.86. The number of hydrogen-bond acceptors (Lipinski definition) is 6. The number of carbonyl (C=O) groups is 1. The van der Waals surface area contributed by atoms with Gasteiger partial charge in [-0.3, -0.25) is 14.2 Å². The van der Waals surface area contributed by atoms with Gasteiger partial charge in [-0.15, -0.1) is 11.8 Å². The minimum atomic E-state index is -0.159. The molecule has 33 heavy (non-hydrogen) atoms. The zero-order chi connectivity index (χ0) is 23.5. The number of aromatic nitrogens is 2. The molecule has 6 nitrogen and oxygen atoms in total. The van der Waals surface area contributed by atoms with Gasteiger partial charge in [0.25, 0.3) is 5.56 Å². The molecule has 0 radical (unpaired) electrons. The van der Waals surface area contributed by atoms with Gasteiger partial charge in [0.2, 0.25) is 5.91 Å². The lowest BCUT2D eigenvalue weighted by Gasteiger charge is -2.15. The summed E-state index contributed by atoms with van der Waals surface area (Å²) < 4.78 is 7.09. The maximum Gasteiger partial charge on any atom is 0.272 e. The van der Waals surface area contributed by atoms with Crippen molar-refractivity contribution < 1.29 is 9.53 Å². The van der Waals surface area contributed by atoms with Crippen LogP contribution in [0.3, 0.4) is 0 Å². The molecule has 1 N–H and O–H groups in total. The SMILES string of the molecule is CCOc1ccc(NC(=O)CSc2nc3c(c(=O)n2-c2cc(C)cc(C)c2)SC(C)C3)cc1. The molecule has 0 bridgehead atoms. The summed E-state index contributed by atoms with van der Waals surface area (Å²) in [5.41, 5.74) is 4.39. The monoisotopic (exact) mass is 481 g/mol. The van der Waals surface area contributed by atoms with Crippen LogP contribution in [-0.2, 0) is 11.2 Å². The van der Waals surface area contributed by atoms with Crippen LogP contribution in [0.5, 0.6) is 5.75 Å². The fourth-order valence-corrected chi connectivity index (χ4v) is 5.76. The van der Waals surface area contributed by atoms with E-state index in [0.717, 1.165) is 34.7 Å². The first-order valence-electron chi connectivity index (χ1n) is 10.9. The Hall–Kier alpha value is -2.71. The van der Waals surface area contributed by atoms with Gasteiger partial charge >= 0.3 is 0 Å². The highest BCUT2D eigenvalue weighted by Gasteiger charge is 2.27. The van der Waals surface area contributed by atoms with Gasteiger partial charge in [-0.25, -0.2) is 4.98 Å². The van der Waals surface area contributed by atoms with Crippen LogP contribution in [0.4, 0.5) is 5.69 Å². The van der Waals surface area contributed by atoms with Crippen LogP contribution in [-0.4, -0.2) is 33.1 Å². The highest BCUT2D eigenvalue weighted by Crippen LogP contribution is 2.35. The number of amides is 1. The van der Waals surface area contributed by atoms with E-state index < -0.39 is 0 Å². The number of carbonyl (C=O) groups excluding carboxylic acids is 1. The molecular weight excluding hydrogens is 454 g/mol. The fourth-order valence-electron chi connectivity index (χ4n) is 3.83. The van der Waals surface area contributed by atoms with E-state index in [1.54, 1.807) is 16.3 Å². The summed E-state index contributed by atoms with van der Waals surface area (Å²) in [5, 5.41) is 3.76. The number of nitrogens with zero attached hydrogens (tertiary/aromatic N) is 2. The van der Waals surface area contributed by atoms with E-state index in [0.29, 0.717) is 27.6 Å². The molecule has 0 spiro atoms. The number of benzene rings is 2. The van der Waals surface area contributed by atoms with Gasteiger partial charge in [0, 0.05) is 17.4 Å². The quantitative estimate of drug-likeness (QED) is 0.378. The standard InChI is InChI=1S/C25H27N3O3S2/c1-5-31-20-8-6-18(7-9-20)26-22(29)14-32-25-27-21-13-17(4)33-23(21)24(30)28(25)19-11-15(2)10-16(3)12-19/h6-12,17H,5,13-14H2,1-4H3,(H,26,29). The average molecular weight is 482 g/mol. The first-order valence-corrected chi connectivity index (χ1v) is 12.8. The summed E-state index contributed by atoms with van der Waals surface area (Å²) in [6, 6.07) is 13.3. The Morgan fingerprint density at radius 1 is 1.21 bits per heavy atom. The molecule has 0 saturated carbocycles. The molecule has 2 aromatic carbocycles. The van der Waals surface area contributed by atoms with Crippen molar-refractivity contribution in [3.63, 3.8) is 0 Å². The second kappa shape index (κ2) is 10.1. The number of hydrogen-bond donors (Lipinski definition) is 1. The van der Waals surface area contributed by atoms with Gasteiger partial charge < -0.3 is 10.1 Å². The molecule has 0 aliphatic carbocycles. The molecule has 8 heteroatoms. The van der Waals surface area contributed by atoms with Gasteiger partial charge in [0.05, 0.1) is 28.6 Å². The minimum absolute atomic E-state index is 0.0613. The lowest BCUT2D eigenvalue weighted by Crippen LogP contribution is -2.25. The maximum absolute atomic E-state index is 13.4. The Balaban J connectivity index is 1.59. The number of thioether (sulfide) groups is 2. The van der Waals surface area contributed by atoms with E-state index in [2.05, 4.69) is 18.3 Å². The van der Waals surface area contributed by atoms with Crippen LogP contribution < -0.4 is 15.6 Å². The average Bonchev–Trinajstić information content (AvgIpc) is 3.14. The number of rotatable bonds is 7. The lowest BCUT2D eigenvalue weighted by molar-refractivity contribution is -0.113. The zero-order valence-corrected chi connectivity index (χ0v) is 20.8. The number of fused-ring (bicyclic) bond motifs is 1. The van der Waals surface area contributed by atoms with E-state index in [1.165, 1.54) is 11.8 Å². The van der Waals surface area contributed by atoms with Crippen molar-refractivity contribution in [2.24, 2.45) is 0 Å². The van der Waals surface area contributed by atoms with Gasteiger partial charge in [-0.1, -0.05) is 24.8 Å². The first-order chi connectivity index (χ1) is 15.8. The highest BCUT2D eigenvalue weighted by molar-refractivity contribution is 8.00. The molecule has 1 unspecified atom stereocenters. The van der Waals surface area contributed by atoms with Crippen LogP contribution in [0.25, 0.3) is 5.69 Å².